The van der Waals surface area contributed by atoms with E-state index in [4.69, 9.17) is 16.3 Å². The molecule has 1 saturated heterocycles. The van der Waals surface area contributed by atoms with Crippen LogP contribution >= 0.6 is 11.6 Å². The topological polar surface area (TPSA) is 48.9 Å². The van der Waals surface area contributed by atoms with Gasteiger partial charge in [0.15, 0.2) is 5.96 Å². The molecule has 0 spiro atoms. The molecule has 2 rings (SSSR count). The predicted molar refractivity (Wildman–Crippen MR) is 101 cm³/mol. The SMILES string of the molecule is CCNC(=NCC(OC)c1cccc(Cl)c1)NC1CCN(CC(F)(F)F)C1. The quantitative estimate of drug-likeness (QED) is 0.539. The molecule has 0 bridgehead atoms. The van der Waals surface area contributed by atoms with Gasteiger partial charge in [-0.2, -0.15) is 13.2 Å². The number of halogens is 4. The molecule has 2 N–H and O–H groups in total. The number of guanidine groups is 1. The summed E-state index contributed by atoms with van der Waals surface area (Å²) in [6.07, 6.45) is -3.79. The second-order valence-corrected chi connectivity index (χ2v) is 6.92. The normalized spacial score (nSPS) is 19.9. The Labute approximate surface area is 162 Å². The number of hydrogen-bond acceptors (Lipinski definition) is 3. The van der Waals surface area contributed by atoms with Crippen molar-refractivity contribution in [3.05, 3.63) is 34.9 Å². The second kappa shape index (κ2) is 10.1. The Morgan fingerprint density at radius 1 is 1.44 bits per heavy atom. The third kappa shape index (κ3) is 7.56. The molecule has 1 heterocycles. The number of alkyl halides is 3. The van der Waals surface area contributed by atoms with E-state index in [0.29, 0.717) is 43.6 Å². The number of ether oxygens (including phenoxy) is 1. The van der Waals surface area contributed by atoms with Gasteiger partial charge in [0.2, 0.25) is 0 Å². The first-order chi connectivity index (χ1) is 12.8. The lowest BCUT2D eigenvalue weighted by Gasteiger charge is -2.20. The van der Waals surface area contributed by atoms with Crippen LogP contribution in [0.25, 0.3) is 0 Å². The van der Waals surface area contributed by atoms with Crippen molar-refractivity contribution in [3.8, 4) is 0 Å². The second-order valence-electron chi connectivity index (χ2n) is 6.48. The molecule has 5 nitrogen and oxygen atoms in total. The fourth-order valence-corrected chi connectivity index (χ4v) is 3.26. The summed E-state index contributed by atoms with van der Waals surface area (Å²) in [5.74, 6) is 0.570. The Balaban J connectivity index is 1.95. The van der Waals surface area contributed by atoms with Crippen LogP contribution < -0.4 is 10.6 Å². The monoisotopic (exact) mass is 406 g/mol. The lowest BCUT2D eigenvalue weighted by atomic mass is 10.1. The maximum Gasteiger partial charge on any atom is 0.401 e. The summed E-state index contributed by atoms with van der Waals surface area (Å²) in [6, 6.07) is 7.32. The largest absolute Gasteiger partial charge is 0.401 e. The molecule has 2 unspecified atom stereocenters. The van der Waals surface area contributed by atoms with Crippen molar-refractivity contribution in [3.63, 3.8) is 0 Å². The summed E-state index contributed by atoms with van der Waals surface area (Å²) >= 11 is 6.03. The molecule has 1 aromatic carbocycles. The first-order valence-corrected chi connectivity index (χ1v) is 9.30. The van der Waals surface area contributed by atoms with E-state index in [2.05, 4.69) is 15.6 Å². The Kier molecular flexibility index (Phi) is 8.19. The maximum atomic E-state index is 12.5. The van der Waals surface area contributed by atoms with Gasteiger partial charge in [0.25, 0.3) is 0 Å². The summed E-state index contributed by atoms with van der Waals surface area (Å²) < 4.78 is 43.1. The average Bonchev–Trinajstić information content (AvgIpc) is 3.00. The Morgan fingerprint density at radius 3 is 2.85 bits per heavy atom. The van der Waals surface area contributed by atoms with Crippen molar-refractivity contribution in [2.24, 2.45) is 4.99 Å². The van der Waals surface area contributed by atoms with Gasteiger partial charge < -0.3 is 15.4 Å². The number of aliphatic imine (C=N–C) groups is 1. The van der Waals surface area contributed by atoms with Crippen LogP contribution in [0.1, 0.15) is 25.0 Å². The minimum Gasteiger partial charge on any atom is -0.375 e. The van der Waals surface area contributed by atoms with Crippen LogP contribution in [0.4, 0.5) is 13.2 Å². The smallest absolute Gasteiger partial charge is 0.375 e. The van der Waals surface area contributed by atoms with Crippen LogP contribution in [0, 0.1) is 0 Å². The first kappa shape index (κ1) is 21.8. The summed E-state index contributed by atoms with van der Waals surface area (Å²) in [6.45, 7) is 2.84. The van der Waals surface area contributed by atoms with E-state index in [1.54, 1.807) is 13.2 Å². The number of likely N-dealkylation sites (tertiary alicyclic amines) is 1. The molecular weight excluding hydrogens is 381 g/mol. The molecule has 0 amide bonds. The van der Waals surface area contributed by atoms with Gasteiger partial charge in [-0.15, -0.1) is 0 Å². The van der Waals surface area contributed by atoms with Crippen LogP contribution in [0.2, 0.25) is 5.02 Å². The van der Waals surface area contributed by atoms with Crippen LogP contribution in [-0.2, 0) is 4.74 Å². The molecule has 152 valence electrons. The minimum absolute atomic E-state index is 0.0719. The molecular formula is C18H26ClF3N4O. The highest BCUT2D eigenvalue weighted by molar-refractivity contribution is 6.30. The van der Waals surface area contributed by atoms with Crippen molar-refractivity contribution >= 4 is 17.6 Å². The summed E-state index contributed by atoms with van der Waals surface area (Å²) in [4.78, 5) is 5.95. The third-order valence-corrected chi connectivity index (χ3v) is 4.52. The van der Waals surface area contributed by atoms with Gasteiger partial charge in [-0.05, 0) is 31.0 Å². The number of methoxy groups -OCH3 is 1. The fraction of sp³-hybridized carbons (Fsp3) is 0.611. The highest BCUT2D eigenvalue weighted by Crippen LogP contribution is 2.21. The van der Waals surface area contributed by atoms with Crippen molar-refractivity contribution in [1.29, 1.82) is 0 Å². The van der Waals surface area contributed by atoms with Gasteiger partial charge in [0, 0.05) is 37.8 Å². The predicted octanol–water partition coefficient (Wildman–Crippen LogP) is 3.22. The van der Waals surface area contributed by atoms with Crippen LogP contribution in [0.5, 0.6) is 0 Å². The summed E-state index contributed by atoms with van der Waals surface area (Å²) in [5, 5.41) is 6.98. The molecule has 0 saturated carbocycles. The van der Waals surface area contributed by atoms with Crippen LogP contribution in [-0.4, -0.2) is 62.9 Å². The molecule has 0 aromatic heterocycles. The number of hydrogen-bond donors (Lipinski definition) is 2. The van der Waals surface area contributed by atoms with Gasteiger partial charge in [0.1, 0.15) is 6.10 Å². The number of nitrogens with one attached hydrogen (secondary N) is 2. The van der Waals surface area contributed by atoms with E-state index in [0.717, 1.165) is 5.56 Å². The van der Waals surface area contributed by atoms with Crippen molar-refractivity contribution in [2.45, 2.75) is 31.7 Å². The van der Waals surface area contributed by atoms with E-state index in [-0.39, 0.29) is 12.1 Å². The van der Waals surface area contributed by atoms with Gasteiger partial charge in [-0.3, -0.25) is 9.89 Å². The Hall–Kier alpha value is -1.51. The molecule has 9 heteroatoms. The Bertz CT molecular complexity index is 627. The Morgan fingerprint density at radius 2 is 2.22 bits per heavy atom. The van der Waals surface area contributed by atoms with Crippen molar-refractivity contribution in [2.75, 3.05) is 39.8 Å². The van der Waals surface area contributed by atoms with Gasteiger partial charge in [-0.25, -0.2) is 0 Å². The molecule has 1 fully saturated rings. The zero-order chi connectivity index (χ0) is 19.9. The van der Waals surface area contributed by atoms with E-state index in [9.17, 15) is 13.2 Å². The molecule has 1 aliphatic heterocycles. The maximum absolute atomic E-state index is 12.5. The van der Waals surface area contributed by atoms with Gasteiger partial charge >= 0.3 is 6.18 Å². The lowest BCUT2D eigenvalue weighted by molar-refractivity contribution is -0.143. The van der Waals surface area contributed by atoms with E-state index >= 15 is 0 Å². The zero-order valence-electron chi connectivity index (χ0n) is 15.5. The lowest BCUT2D eigenvalue weighted by Crippen LogP contribution is -2.45. The highest BCUT2D eigenvalue weighted by Gasteiger charge is 2.34. The number of rotatable bonds is 7. The minimum atomic E-state index is -4.17. The standard InChI is InChI=1S/C18H26ClF3N4O/c1-3-23-17(25-15-7-8-26(11-15)12-18(20,21)22)24-10-16(27-2)13-5-4-6-14(19)9-13/h4-6,9,15-16H,3,7-8,10-12H2,1-2H3,(H2,23,24,25). The molecule has 0 radical (unpaired) electrons. The van der Waals surface area contributed by atoms with Crippen LogP contribution in [0.15, 0.2) is 29.3 Å². The molecule has 1 aliphatic rings. The fourth-order valence-electron chi connectivity index (χ4n) is 3.06. The number of nitrogens with zero attached hydrogens (tertiary/aromatic N) is 2. The highest BCUT2D eigenvalue weighted by atomic mass is 35.5. The molecule has 2 atom stereocenters. The third-order valence-electron chi connectivity index (χ3n) is 4.28. The molecule has 27 heavy (non-hydrogen) atoms. The van der Waals surface area contributed by atoms with E-state index < -0.39 is 12.7 Å². The molecule has 1 aromatic rings. The summed E-state index contributed by atoms with van der Waals surface area (Å²) in [5.41, 5.74) is 0.918. The van der Waals surface area contributed by atoms with Gasteiger partial charge in [0.05, 0.1) is 13.1 Å². The van der Waals surface area contributed by atoms with E-state index in [1.807, 2.05) is 25.1 Å². The van der Waals surface area contributed by atoms with Gasteiger partial charge in [-0.1, -0.05) is 23.7 Å². The first-order valence-electron chi connectivity index (χ1n) is 8.93. The average molecular weight is 407 g/mol. The molecule has 0 aliphatic carbocycles. The summed E-state index contributed by atoms with van der Waals surface area (Å²) in [7, 11) is 1.60. The van der Waals surface area contributed by atoms with Crippen molar-refractivity contribution < 1.29 is 17.9 Å². The van der Waals surface area contributed by atoms with E-state index in [1.165, 1.54) is 4.90 Å². The van der Waals surface area contributed by atoms with Crippen LogP contribution in [0.3, 0.4) is 0 Å². The number of benzene rings is 1. The zero-order valence-corrected chi connectivity index (χ0v) is 16.3. The van der Waals surface area contributed by atoms with Crippen molar-refractivity contribution in [1.82, 2.24) is 15.5 Å².